The molecule has 0 radical (unpaired) electrons. The third-order valence-corrected chi connectivity index (χ3v) is 3.20. The van der Waals surface area contributed by atoms with Crippen LogP contribution in [0.1, 0.15) is 15.9 Å². The molecular formula is C11H6ClF3N2OS. The third kappa shape index (κ3) is 3.45. The number of rotatable bonds is 2. The summed E-state index contributed by atoms with van der Waals surface area (Å²) in [6.45, 7) is 0. The Kier molecular flexibility index (Phi) is 3.77. The van der Waals surface area contributed by atoms with Crippen molar-refractivity contribution in [1.29, 1.82) is 0 Å². The van der Waals surface area contributed by atoms with E-state index in [1.807, 2.05) is 0 Å². The van der Waals surface area contributed by atoms with E-state index in [0.717, 1.165) is 35.6 Å². The molecule has 1 heterocycles. The van der Waals surface area contributed by atoms with Crippen LogP contribution in [0, 0.1) is 0 Å². The van der Waals surface area contributed by atoms with Gasteiger partial charge in [-0.1, -0.05) is 22.9 Å². The Hall–Kier alpha value is -1.60. The van der Waals surface area contributed by atoms with Crippen LogP contribution < -0.4 is 5.32 Å². The number of halogens is 4. The van der Waals surface area contributed by atoms with Crippen LogP contribution in [0.15, 0.2) is 30.5 Å². The lowest BCUT2D eigenvalue weighted by molar-refractivity contribution is -0.137. The minimum atomic E-state index is -4.42. The van der Waals surface area contributed by atoms with E-state index in [0.29, 0.717) is 4.34 Å². The fourth-order valence-electron chi connectivity index (χ4n) is 1.29. The molecule has 2 rings (SSSR count). The highest BCUT2D eigenvalue weighted by Crippen LogP contribution is 2.29. The Morgan fingerprint density at radius 3 is 2.37 bits per heavy atom. The van der Waals surface area contributed by atoms with Gasteiger partial charge in [0.15, 0.2) is 5.13 Å². The summed E-state index contributed by atoms with van der Waals surface area (Å²) >= 11 is 6.70. The first-order valence-electron chi connectivity index (χ1n) is 4.96. The van der Waals surface area contributed by atoms with E-state index in [2.05, 4.69) is 10.3 Å². The van der Waals surface area contributed by atoms with Gasteiger partial charge >= 0.3 is 6.18 Å². The lowest BCUT2D eigenvalue weighted by atomic mass is 10.1. The molecule has 0 bridgehead atoms. The summed E-state index contributed by atoms with van der Waals surface area (Å²) in [7, 11) is 0. The minimum absolute atomic E-state index is 0.110. The quantitative estimate of drug-likeness (QED) is 0.909. The number of nitrogens with zero attached hydrogens (tertiary/aromatic N) is 1. The highest BCUT2D eigenvalue weighted by molar-refractivity contribution is 7.19. The van der Waals surface area contributed by atoms with Crippen molar-refractivity contribution in [3.8, 4) is 0 Å². The lowest BCUT2D eigenvalue weighted by Gasteiger charge is -2.07. The second-order valence-corrected chi connectivity index (χ2v) is 5.16. The molecule has 0 aliphatic rings. The molecule has 0 atom stereocenters. The maximum atomic E-state index is 12.3. The molecule has 0 spiro atoms. The van der Waals surface area contributed by atoms with E-state index in [1.54, 1.807) is 0 Å². The number of carbonyl (C=O) groups is 1. The highest BCUT2D eigenvalue weighted by atomic mass is 35.5. The first kappa shape index (κ1) is 13.8. The normalized spacial score (nSPS) is 11.4. The van der Waals surface area contributed by atoms with Crippen LogP contribution in [0.3, 0.4) is 0 Å². The van der Waals surface area contributed by atoms with E-state index in [1.165, 1.54) is 6.20 Å². The van der Waals surface area contributed by atoms with Crippen molar-refractivity contribution < 1.29 is 18.0 Å². The molecule has 2 aromatic rings. The van der Waals surface area contributed by atoms with E-state index in [-0.39, 0.29) is 10.7 Å². The molecule has 3 nitrogen and oxygen atoms in total. The summed E-state index contributed by atoms with van der Waals surface area (Å²) in [4.78, 5) is 15.5. The van der Waals surface area contributed by atoms with Crippen molar-refractivity contribution in [2.45, 2.75) is 6.18 Å². The van der Waals surface area contributed by atoms with Gasteiger partial charge in [-0.25, -0.2) is 4.98 Å². The summed E-state index contributed by atoms with van der Waals surface area (Å²) in [5, 5.41) is 2.73. The molecule has 0 saturated heterocycles. The summed E-state index contributed by atoms with van der Waals surface area (Å²) in [5.41, 5.74) is -0.694. The van der Waals surface area contributed by atoms with Gasteiger partial charge in [-0.2, -0.15) is 13.2 Å². The van der Waals surface area contributed by atoms with Gasteiger partial charge in [0.1, 0.15) is 4.34 Å². The van der Waals surface area contributed by atoms with Gasteiger partial charge in [0.2, 0.25) is 0 Å². The minimum Gasteiger partial charge on any atom is -0.298 e. The van der Waals surface area contributed by atoms with E-state index < -0.39 is 17.6 Å². The van der Waals surface area contributed by atoms with Crippen molar-refractivity contribution in [2.24, 2.45) is 0 Å². The average molecular weight is 307 g/mol. The zero-order chi connectivity index (χ0) is 14.0. The maximum absolute atomic E-state index is 12.3. The van der Waals surface area contributed by atoms with Gasteiger partial charge in [0.05, 0.1) is 11.8 Å². The molecule has 8 heteroatoms. The van der Waals surface area contributed by atoms with Crippen molar-refractivity contribution >= 4 is 34.0 Å². The predicted octanol–water partition coefficient (Wildman–Crippen LogP) is 4.07. The largest absolute Gasteiger partial charge is 0.416 e. The number of amides is 1. The van der Waals surface area contributed by atoms with Gasteiger partial charge in [-0.05, 0) is 24.3 Å². The Bertz CT molecular complexity index is 595. The second kappa shape index (κ2) is 5.18. The Morgan fingerprint density at radius 1 is 1.26 bits per heavy atom. The van der Waals surface area contributed by atoms with Crippen molar-refractivity contribution in [1.82, 2.24) is 4.98 Å². The van der Waals surface area contributed by atoms with Gasteiger partial charge in [0, 0.05) is 5.56 Å². The van der Waals surface area contributed by atoms with Crippen molar-refractivity contribution in [3.63, 3.8) is 0 Å². The number of hydrogen-bond donors (Lipinski definition) is 1. The zero-order valence-corrected chi connectivity index (χ0v) is 10.7. The summed E-state index contributed by atoms with van der Waals surface area (Å²) in [5.74, 6) is -0.542. The molecule has 19 heavy (non-hydrogen) atoms. The van der Waals surface area contributed by atoms with E-state index in [4.69, 9.17) is 11.6 Å². The molecular weight excluding hydrogens is 301 g/mol. The molecule has 0 aliphatic heterocycles. The number of benzene rings is 1. The number of carbonyl (C=O) groups excluding carboxylic acids is 1. The van der Waals surface area contributed by atoms with E-state index >= 15 is 0 Å². The smallest absolute Gasteiger partial charge is 0.298 e. The first-order chi connectivity index (χ1) is 8.86. The van der Waals surface area contributed by atoms with Gasteiger partial charge in [-0.15, -0.1) is 0 Å². The predicted molar refractivity (Wildman–Crippen MR) is 66.5 cm³/mol. The van der Waals surface area contributed by atoms with Crippen molar-refractivity contribution in [2.75, 3.05) is 5.32 Å². The number of thiazole rings is 1. The van der Waals surface area contributed by atoms with Crippen LogP contribution >= 0.6 is 22.9 Å². The van der Waals surface area contributed by atoms with Crippen molar-refractivity contribution in [3.05, 3.63) is 45.9 Å². The molecule has 0 aliphatic carbocycles. The third-order valence-electron chi connectivity index (χ3n) is 2.17. The van der Waals surface area contributed by atoms with Crippen LogP contribution in [-0.4, -0.2) is 10.9 Å². The van der Waals surface area contributed by atoms with Gasteiger partial charge in [0.25, 0.3) is 5.91 Å². The Morgan fingerprint density at radius 2 is 1.89 bits per heavy atom. The zero-order valence-electron chi connectivity index (χ0n) is 9.16. The standard InChI is InChI=1S/C11H6ClF3N2OS/c12-8-5-16-10(19-8)17-9(18)6-1-3-7(4-2-6)11(13,14)15/h1-5H,(H,16,17,18). The molecule has 1 aromatic carbocycles. The molecule has 100 valence electrons. The topological polar surface area (TPSA) is 42.0 Å². The molecule has 1 amide bonds. The summed E-state index contributed by atoms with van der Waals surface area (Å²) in [6, 6.07) is 3.91. The number of alkyl halides is 3. The van der Waals surface area contributed by atoms with Crippen LogP contribution in [0.2, 0.25) is 4.34 Å². The molecule has 0 unspecified atom stereocenters. The monoisotopic (exact) mass is 306 g/mol. The summed E-state index contributed by atoms with van der Waals surface area (Å²) < 4.78 is 37.4. The fraction of sp³-hybridized carbons (Fsp3) is 0.0909. The molecule has 0 saturated carbocycles. The number of nitrogens with one attached hydrogen (secondary N) is 1. The van der Waals surface area contributed by atoms with Gasteiger partial charge < -0.3 is 0 Å². The Labute approximate surface area is 115 Å². The van der Waals surface area contributed by atoms with Crippen LogP contribution in [0.25, 0.3) is 0 Å². The lowest BCUT2D eigenvalue weighted by Crippen LogP contribution is -2.12. The highest BCUT2D eigenvalue weighted by Gasteiger charge is 2.30. The number of anilines is 1. The average Bonchev–Trinajstić information content (AvgIpc) is 2.74. The number of aromatic nitrogens is 1. The SMILES string of the molecule is O=C(Nc1ncc(Cl)s1)c1ccc(C(F)(F)F)cc1. The summed E-state index contributed by atoms with van der Waals surface area (Å²) in [6.07, 6.45) is -3.05. The van der Waals surface area contributed by atoms with Gasteiger partial charge in [-0.3, -0.25) is 10.1 Å². The van der Waals surface area contributed by atoms with Crippen LogP contribution in [0.5, 0.6) is 0 Å². The fourth-order valence-corrected chi connectivity index (χ4v) is 2.10. The molecule has 1 N–H and O–H groups in total. The second-order valence-electron chi connectivity index (χ2n) is 3.50. The number of hydrogen-bond acceptors (Lipinski definition) is 3. The van der Waals surface area contributed by atoms with E-state index in [9.17, 15) is 18.0 Å². The molecule has 0 fully saturated rings. The maximum Gasteiger partial charge on any atom is 0.416 e. The van der Waals surface area contributed by atoms with Crippen LogP contribution in [0.4, 0.5) is 18.3 Å². The first-order valence-corrected chi connectivity index (χ1v) is 6.15. The Balaban J connectivity index is 2.12. The van der Waals surface area contributed by atoms with Crippen LogP contribution in [-0.2, 0) is 6.18 Å². The molecule has 1 aromatic heterocycles.